The lowest BCUT2D eigenvalue weighted by molar-refractivity contribution is -0.110. The molecule has 3 amide bonds. The van der Waals surface area contributed by atoms with Gasteiger partial charge >= 0.3 is 6.03 Å². The van der Waals surface area contributed by atoms with E-state index in [1.807, 2.05) is 37.2 Å². The van der Waals surface area contributed by atoms with Crippen LogP contribution in [0.4, 0.5) is 16.2 Å². The molecule has 0 spiro atoms. The number of nitrogens with one attached hydrogen (secondary N) is 2. The summed E-state index contributed by atoms with van der Waals surface area (Å²) in [6, 6.07) is 10.1. The average molecular weight is 497 g/mol. The van der Waals surface area contributed by atoms with Crippen molar-refractivity contribution in [2.24, 2.45) is 4.99 Å². The van der Waals surface area contributed by atoms with Gasteiger partial charge in [0.1, 0.15) is 5.71 Å². The third-order valence-electron chi connectivity index (χ3n) is 5.19. The number of nitrogens with zero attached hydrogens (tertiary/aromatic N) is 3. The number of anilines is 2. The molecular formula is C26H36N6O2S. The van der Waals surface area contributed by atoms with E-state index in [1.54, 1.807) is 34.9 Å². The van der Waals surface area contributed by atoms with Gasteiger partial charge in [-0.25, -0.2) is 4.79 Å². The van der Waals surface area contributed by atoms with Crippen LogP contribution in [0.15, 0.2) is 70.5 Å². The Morgan fingerprint density at radius 1 is 1.17 bits per heavy atom. The molecule has 1 heterocycles. The second kappa shape index (κ2) is 14.7. The van der Waals surface area contributed by atoms with Crippen molar-refractivity contribution in [3.63, 3.8) is 0 Å². The van der Waals surface area contributed by atoms with Gasteiger partial charge in [-0.2, -0.15) is 0 Å². The number of carbonyl (C=O) groups is 2. The number of carbonyl (C=O) groups excluding carboxylic acids is 2. The highest BCUT2D eigenvalue weighted by atomic mass is 32.1. The van der Waals surface area contributed by atoms with Crippen LogP contribution in [0.5, 0.6) is 0 Å². The first-order valence-electron chi connectivity index (χ1n) is 11.5. The molecule has 2 aromatic rings. The Morgan fingerprint density at radius 2 is 1.91 bits per heavy atom. The molecule has 0 aliphatic heterocycles. The fourth-order valence-electron chi connectivity index (χ4n) is 3.06. The van der Waals surface area contributed by atoms with Crippen LogP contribution in [-0.4, -0.2) is 67.7 Å². The second-order valence-electron chi connectivity index (χ2n) is 8.36. The maximum absolute atomic E-state index is 12.9. The number of aryl methyl sites for hydroxylation is 1. The molecular weight excluding hydrogens is 460 g/mol. The van der Waals surface area contributed by atoms with E-state index in [0.29, 0.717) is 37.6 Å². The van der Waals surface area contributed by atoms with Crippen LogP contribution in [-0.2, 0) is 11.2 Å². The summed E-state index contributed by atoms with van der Waals surface area (Å²) in [5.41, 5.74) is 9.17. The molecule has 0 saturated carbocycles. The number of hydrogen-bond donors (Lipinski definition) is 3. The number of nitrogens with two attached hydrogens (primary N) is 1. The summed E-state index contributed by atoms with van der Waals surface area (Å²) in [7, 11) is 3.93. The van der Waals surface area contributed by atoms with Crippen LogP contribution in [0.2, 0.25) is 0 Å². The van der Waals surface area contributed by atoms with Crippen LogP contribution < -0.4 is 16.4 Å². The highest BCUT2D eigenvalue weighted by molar-refractivity contribution is 7.09. The van der Waals surface area contributed by atoms with Gasteiger partial charge in [0.25, 0.3) is 5.91 Å². The largest absolute Gasteiger partial charge is 0.396 e. The molecule has 2 rings (SSSR count). The molecule has 0 saturated heterocycles. The van der Waals surface area contributed by atoms with Crippen LogP contribution >= 0.6 is 11.3 Å². The van der Waals surface area contributed by atoms with E-state index < -0.39 is 0 Å². The molecule has 1 aromatic heterocycles. The van der Waals surface area contributed by atoms with E-state index in [0.717, 1.165) is 18.4 Å². The Bertz CT molecular complexity index is 1030. The third-order valence-corrected chi connectivity index (χ3v) is 5.96. The lowest BCUT2D eigenvalue weighted by atomic mass is 10.1. The molecule has 0 atom stereocenters. The predicted molar refractivity (Wildman–Crippen MR) is 147 cm³/mol. The van der Waals surface area contributed by atoms with E-state index in [4.69, 9.17) is 5.73 Å². The number of hydrogen-bond acceptors (Lipinski definition) is 6. The van der Waals surface area contributed by atoms with Crippen LogP contribution in [0.25, 0.3) is 0 Å². The fourth-order valence-corrected chi connectivity index (χ4v) is 3.73. The van der Waals surface area contributed by atoms with E-state index in [9.17, 15) is 9.59 Å². The zero-order valence-corrected chi connectivity index (χ0v) is 21.6. The van der Waals surface area contributed by atoms with Crippen molar-refractivity contribution in [3.8, 4) is 0 Å². The van der Waals surface area contributed by atoms with Crippen molar-refractivity contribution >= 4 is 40.4 Å². The topological polar surface area (TPSA) is 103 Å². The quantitative estimate of drug-likeness (QED) is 0.221. The van der Waals surface area contributed by atoms with Crippen molar-refractivity contribution in [1.29, 1.82) is 0 Å². The van der Waals surface area contributed by atoms with Crippen molar-refractivity contribution in [3.05, 3.63) is 71.1 Å². The first kappa shape index (κ1) is 27.8. The van der Waals surface area contributed by atoms with E-state index in [2.05, 4.69) is 34.3 Å². The number of thiophene rings is 1. The van der Waals surface area contributed by atoms with E-state index in [1.165, 1.54) is 16.9 Å². The van der Waals surface area contributed by atoms with Gasteiger partial charge in [0.15, 0.2) is 0 Å². The van der Waals surface area contributed by atoms with Crippen molar-refractivity contribution in [2.45, 2.75) is 19.8 Å². The van der Waals surface area contributed by atoms with Gasteiger partial charge in [-0.1, -0.05) is 43.0 Å². The average Bonchev–Trinajstić information content (AvgIpc) is 3.25. The Morgan fingerprint density at radius 3 is 2.54 bits per heavy atom. The van der Waals surface area contributed by atoms with Crippen molar-refractivity contribution in [2.75, 3.05) is 51.3 Å². The molecule has 9 heteroatoms. The minimum Gasteiger partial charge on any atom is -0.396 e. The van der Waals surface area contributed by atoms with Gasteiger partial charge in [0.2, 0.25) is 0 Å². The number of likely N-dealkylation sites (N-methyl/N-ethyl adjacent to an activating group) is 1. The first-order valence-corrected chi connectivity index (χ1v) is 12.4. The summed E-state index contributed by atoms with van der Waals surface area (Å²) < 4.78 is 0. The Hall–Kier alpha value is -3.43. The molecule has 4 N–H and O–H groups in total. The number of urea groups is 1. The molecule has 1 aromatic carbocycles. The molecule has 0 fully saturated rings. The van der Waals surface area contributed by atoms with Gasteiger partial charge in [0.05, 0.1) is 11.4 Å². The van der Waals surface area contributed by atoms with Gasteiger partial charge in [0, 0.05) is 43.1 Å². The van der Waals surface area contributed by atoms with Gasteiger partial charge in [-0.05, 0) is 45.0 Å². The summed E-state index contributed by atoms with van der Waals surface area (Å²) in [6.07, 6.45) is 4.99. The summed E-state index contributed by atoms with van der Waals surface area (Å²) in [6.45, 7) is 7.65. The minimum absolute atomic E-state index is 0.140. The molecule has 0 unspecified atom stereocenters. The third kappa shape index (κ3) is 10.2. The Balaban J connectivity index is 1.97. The van der Waals surface area contributed by atoms with Crippen LogP contribution in [0.3, 0.4) is 0 Å². The monoisotopic (exact) mass is 496 g/mol. The number of benzene rings is 1. The SMILES string of the molecule is C=C/C(=C\N=C(C)C(=O)Nc1cscc1N)CN(CCN(C)C)C(=O)NCCCc1ccccc1. The van der Waals surface area contributed by atoms with E-state index >= 15 is 0 Å². The zero-order valence-electron chi connectivity index (χ0n) is 20.8. The molecule has 8 nitrogen and oxygen atoms in total. The van der Waals surface area contributed by atoms with Gasteiger partial charge < -0.3 is 26.2 Å². The number of rotatable bonds is 13. The highest BCUT2D eigenvalue weighted by Gasteiger charge is 2.15. The molecule has 188 valence electrons. The molecule has 0 bridgehead atoms. The summed E-state index contributed by atoms with van der Waals surface area (Å²) >= 11 is 1.41. The Labute approximate surface area is 212 Å². The second-order valence-corrected chi connectivity index (χ2v) is 9.11. The first-order chi connectivity index (χ1) is 16.8. The molecule has 35 heavy (non-hydrogen) atoms. The standard InChI is InChI=1S/C26H36N6O2S/c1-5-21(16-29-20(2)25(33)30-24-19-35-18-23(24)27)17-32(15-14-31(3)4)26(34)28-13-9-12-22-10-7-6-8-11-22/h5-8,10-11,16,18-19H,1,9,12-15,17,27H2,2-4H3,(H,28,34)(H,30,33)/b21-16+,29-20?. The lowest BCUT2D eigenvalue weighted by Crippen LogP contribution is -2.44. The zero-order chi connectivity index (χ0) is 25.6. The Kier molecular flexibility index (Phi) is 11.7. The molecule has 0 radical (unpaired) electrons. The van der Waals surface area contributed by atoms with Crippen molar-refractivity contribution in [1.82, 2.24) is 15.1 Å². The van der Waals surface area contributed by atoms with Crippen molar-refractivity contribution < 1.29 is 9.59 Å². The van der Waals surface area contributed by atoms with Crippen LogP contribution in [0.1, 0.15) is 18.9 Å². The molecule has 0 aliphatic carbocycles. The van der Waals surface area contributed by atoms with Gasteiger partial charge in [-0.15, -0.1) is 11.3 Å². The number of aliphatic imine (C=N–C) groups is 1. The van der Waals surface area contributed by atoms with E-state index in [-0.39, 0.29) is 17.6 Å². The summed E-state index contributed by atoms with van der Waals surface area (Å²) in [5.74, 6) is -0.338. The normalized spacial score (nSPS) is 11.9. The van der Waals surface area contributed by atoms with Crippen LogP contribution in [0, 0.1) is 0 Å². The maximum atomic E-state index is 12.9. The highest BCUT2D eigenvalue weighted by Crippen LogP contribution is 2.22. The lowest BCUT2D eigenvalue weighted by Gasteiger charge is -2.25. The summed E-state index contributed by atoms with van der Waals surface area (Å²) in [5, 5.41) is 9.29. The predicted octanol–water partition coefficient (Wildman–Crippen LogP) is 4.01. The molecule has 0 aliphatic rings. The maximum Gasteiger partial charge on any atom is 0.317 e. The number of amides is 3. The smallest absolute Gasteiger partial charge is 0.317 e. The minimum atomic E-state index is -0.338. The number of nitrogen functional groups attached to an aromatic ring is 1. The fraction of sp³-hybridized carbons (Fsp3) is 0.346. The van der Waals surface area contributed by atoms with Gasteiger partial charge in [-0.3, -0.25) is 9.79 Å². The summed E-state index contributed by atoms with van der Waals surface area (Å²) in [4.78, 5) is 33.3.